The number of benzene rings is 7. The van der Waals surface area contributed by atoms with Gasteiger partial charge in [0.1, 0.15) is 0 Å². The zero-order valence-corrected chi connectivity index (χ0v) is 38.6. The summed E-state index contributed by atoms with van der Waals surface area (Å²) in [4.78, 5) is 4.84. The van der Waals surface area contributed by atoms with Gasteiger partial charge in [0.25, 0.3) is 6.71 Å². The van der Waals surface area contributed by atoms with Crippen molar-refractivity contribution < 1.29 is 4.11 Å². The predicted octanol–water partition coefficient (Wildman–Crippen LogP) is 14.4. The third-order valence-corrected chi connectivity index (χ3v) is 15.8. The SMILES string of the molecule is [2H]C([2H])([2H])c1cc2c3c(c1)N(c1ccc(-c4ccccc4)cc1C)c1ccc(-c4ccccc4)cc1B3c1cc3c(cc1N2c1ccc2c(c1)C(C)(C)CCC2(C)C)C(C)(C)CCC3(C)C. The molecule has 7 aromatic rings. The summed E-state index contributed by atoms with van der Waals surface area (Å²) < 4.78 is 27.3. The van der Waals surface area contributed by atoms with E-state index in [0.717, 1.165) is 82.0 Å². The summed E-state index contributed by atoms with van der Waals surface area (Å²) >= 11 is 0. The molecule has 2 aliphatic carbocycles. The van der Waals surface area contributed by atoms with Crippen LogP contribution in [0.5, 0.6) is 0 Å². The highest BCUT2D eigenvalue weighted by atomic mass is 15.2. The van der Waals surface area contributed by atoms with E-state index < -0.39 is 6.85 Å². The molecule has 0 amide bonds. The van der Waals surface area contributed by atoms with Crippen LogP contribution in [0, 0.1) is 13.8 Å². The summed E-state index contributed by atoms with van der Waals surface area (Å²) in [5, 5.41) is 0. The number of anilines is 6. The number of hydrogen-bond donors (Lipinski definition) is 0. The van der Waals surface area contributed by atoms with E-state index in [1.165, 1.54) is 44.3 Å². The summed E-state index contributed by atoms with van der Waals surface area (Å²) in [5.41, 5.74) is 21.5. The fourth-order valence-corrected chi connectivity index (χ4v) is 11.8. The van der Waals surface area contributed by atoms with Crippen molar-refractivity contribution in [1.82, 2.24) is 0 Å². The van der Waals surface area contributed by atoms with E-state index in [1.807, 2.05) is 12.1 Å². The number of rotatable bonds is 4. The number of nitrogens with zero attached hydrogens (tertiary/aromatic N) is 2. The molecule has 3 heteroatoms. The van der Waals surface area contributed by atoms with Gasteiger partial charge in [-0.1, -0.05) is 146 Å². The van der Waals surface area contributed by atoms with Crippen molar-refractivity contribution in [2.24, 2.45) is 0 Å². The minimum Gasteiger partial charge on any atom is -0.311 e. The molecule has 2 heterocycles. The molecule has 0 saturated carbocycles. The van der Waals surface area contributed by atoms with Gasteiger partial charge in [0.15, 0.2) is 0 Å². The molecule has 11 rings (SSSR count). The lowest BCUT2D eigenvalue weighted by Gasteiger charge is -2.48. The van der Waals surface area contributed by atoms with Crippen molar-refractivity contribution in [3.8, 4) is 22.3 Å². The van der Waals surface area contributed by atoms with Gasteiger partial charge in [-0.25, -0.2) is 0 Å². The van der Waals surface area contributed by atoms with E-state index >= 15 is 0 Å². The van der Waals surface area contributed by atoms with Crippen LogP contribution in [0.3, 0.4) is 0 Å². The molecule has 0 aromatic heterocycles. The maximum absolute atomic E-state index is 9.09. The van der Waals surface area contributed by atoms with E-state index in [1.54, 1.807) is 0 Å². The van der Waals surface area contributed by atoms with Gasteiger partial charge in [0.2, 0.25) is 0 Å². The van der Waals surface area contributed by atoms with Crippen LogP contribution >= 0.6 is 0 Å². The third-order valence-electron chi connectivity index (χ3n) is 15.8. The summed E-state index contributed by atoms with van der Waals surface area (Å²) in [7, 11) is 0. The lowest BCUT2D eigenvalue weighted by Crippen LogP contribution is -2.62. The van der Waals surface area contributed by atoms with Gasteiger partial charge < -0.3 is 9.80 Å². The van der Waals surface area contributed by atoms with Crippen LogP contribution < -0.4 is 26.2 Å². The Morgan fingerprint density at radius 3 is 1.52 bits per heavy atom. The van der Waals surface area contributed by atoms with Gasteiger partial charge in [-0.05, 0) is 182 Å². The highest BCUT2D eigenvalue weighted by molar-refractivity contribution is 7.00. The molecular formula is C60H61BN2. The smallest absolute Gasteiger partial charge is 0.252 e. The van der Waals surface area contributed by atoms with Crippen LogP contribution in [-0.4, -0.2) is 6.71 Å². The van der Waals surface area contributed by atoms with Gasteiger partial charge in [0.05, 0.1) is 0 Å². The topological polar surface area (TPSA) is 6.48 Å². The van der Waals surface area contributed by atoms with Crippen LogP contribution in [0.15, 0.2) is 140 Å². The predicted molar refractivity (Wildman–Crippen MR) is 271 cm³/mol. The molecule has 314 valence electrons. The summed E-state index contributed by atoms with van der Waals surface area (Å²) in [6.07, 6.45) is 4.45. The Bertz CT molecular complexity index is 3110. The zero-order valence-electron chi connectivity index (χ0n) is 41.6. The van der Waals surface area contributed by atoms with E-state index in [4.69, 9.17) is 4.11 Å². The quantitative estimate of drug-likeness (QED) is 0.163. The highest BCUT2D eigenvalue weighted by Gasteiger charge is 2.47. The molecule has 0 spiro atoms. The average molecular weight is 824 g/mol. The molecule has 0 atom stereocenters. The summed E-state index contributed by atoms with van der Waals surface area (Å²) in [5.74, 6) is 0. The molecule has 2 aliphatic heterocycles. The molecule has 0 bridgehead atoms. The van der Waals surface area contributed by atoms with Gasteiger partial charge in [0, 0.05) is 38.2 Å². The molecule has 4 aliphatic rings. The van der Waals surface area contributed by atoms with Crippen LogP contribution in [0.1, 0.15) is 119 Å². The van der Waals surface area contributed by atoms with Gasteiger partial charge in [-0.2, -0.15) is 0 Å². The Labute approximate surface area is 381 Å². The highest BCUT2D eigenvalue weighted by Crippen LogP contribution is 2.53. The molecule has 0 unspecified atom stereocenters. The Morgan fingerprint density at radius 1 is 0.429 bits per heavy atom. The van der Waals surface area contributed by atoms with Gasteiger partial charge in [-0.15, -0.1) is 0 Å². The van der Waals surface area contributed by atoms with Crippen molar-refractivity contribution in [3.05, 3.63) is 173 Å². The first kappa shape index (κ1) is 36.7. The van der Waals surface area contributed by atoms with Crippen LogP contribution in [0.4, 0.5) is 34.1 Å². The molecule has 7 aromatic carbocycles. The standard InChI is InChI=1S/C60H61BN2/c1-38-31-54-56-55(32-38)63(51-25-21-42(33-39(51)2)40-17-13-11-14-18-40)52-26-22-43(41-19-15-12-16-20-41)34-49(52)61(56)50-36-47-48(60(9,10)30-29-59(47,7)8)37-53(50)62(54)44-23-24-45-46(35-44)58(5,6)28-27-57(45,3)4/h11-26,31-37H,27-30H2,1-10H3/i1D3. The maximum Gasteiger partial charge on any atom is 0.252 e. The number of fused-ring (bicyclic) bond motifs is 6. The summed E-state index contributed by atoms with van der Waals surface area (Å²) in [6, 6.07) is 51.2. The van der Waals surface area contributed by atoms with Gasteiger partial charge in [-0.3, -0.25) is 0 Å². The molecule has 0 saturated heterocycles. The number of aryl methyl sites for hydroxylation is 2. The van der Waals surface area contributed by atoms with E-state index in [2.05, 4.69) is 200 Å². The van der Waals surface area contributed by atoms with Crippen LogP contribution in [0.25, 0.3) is 22.3 Å². The minimum atomic E-state index is -2.36. The number of hydrogen-bond acceptors (Lipinski definition) is 2. The van der Waals surface area contributed by atoms with E-state index in [-0.39, 0.29) is 28.4 Å². The monoisotopic (exact) mass is 824 g/mol. The van der Waals surface area contributed by atoms with Crippen LogP contribution in [-0.2, 0) is 21.7 Å². The zero-order chi connectivity index (χ0) is 46.3. The second-order valence-electron chi connectivity index (χ2n) is 21.8. The van der Waals surface area contributed by atoms with Crippen LogP contribution in [0.2, 0.25) is 0 Å². The van der Waals surface area contributed by atoms with E-state index in [0.29, 0.717) is 5.56 Å². The van der Waals surface area contributed by atoms with Crippen molar-refractivity contribution in [1.29, 1.82) is 0 Å². The molecule has 63 heavy (non-hydrogen) atoms. The summed E-state index contributed by atoms with van der Waals surface area (Å²) in [6.45, 7) is 18.9. The molecule has 0 N–H and O–H groups in total. The first-order valence-electron chi connectivity index (χ1n) is 24.7. The van der Waals surface area contributed by atoms with Crippen molar-refractivity contribution in [2.75, 3.05) is 9.80 Å². The van der Waals surface area contributed by atoms with Crippen molar-refractivity contribution in [2.45, 2.75) is 117 Å². The molecule has 2 nitrogen and oxygen atoms in total. The Morgan fingerprint density at radius 2 is 0.937 bits per heavy atom. The lowest BCUT2D eigenvalue weighted by atomic mass is 9.33. The Kier molecular flexibility index (Phi) is 8.06. The average Bonchev–Trinajstić information content (AvgIpc) is 3.29. The first-order valence-corrected chi connectivity index (χ1v) is 23.2. The third kappa shape index (κ3) is 6.20. The van der Waals surface area contributed by atoms with Crippen molar-refractivity contribution in [3.63, 3.8) is 0 Å². The Hall–Kier alpha value is -5.80. The minimum absolute atomic E-state index is 0.0170. The lowest BCUT2D eigenvalue weighted by molar-refractivity contribution is 0.332. The van der Waals surface area contributed by atoms with Crippen molar-refractivity contribution >= 4 is 57.2 Å². The normalized spacial score (nSPS) is 19.1. The molecule has 0 radical (unpaired) electrons. The largest absolute Gasteiger partial charge is 0.311 e. The fraction of sp³-hybridized carbons (Fsp3) is 0.300. The first-order chi connectivity index (χ1) is 31.2. The van der Waals surface area contributed by atoms with E-state index in [9.17, 15) is 0 Å². The molecule has 0 fully saturated rings. The van der Waals surface area contributed by atoms with Gasteiger partial charge >= 0.3 is 0 Å². The Balaban J connectivity index is 1.26. The second-order valence-corrected chi connectivity index (χ2v) is 21.8. The second kappa shape index (κ2) is 13.9. The maximum atomic E-state index is 9.09. The fourth-order valence-electron chi connectivity index (χ4n) is 11.8. The molecular weight excluding hydrogens is 759 g/mol.